The minimum absolute atomic E-state index is 0.217. The normalized spacial score (nSPS) is 10.9. The fourth-order valence-electron chi connectivity index (χ4n) is 3.23. The van der Waals surface area contributed by atoms with Crippen LogP contribution >= 0.6 is 11.6 Å². The van der Waals surface area contributed by atoms with Crippen LogP contribution in [0.5, 0.6) is 0 Å². The summed E-state index contributed by atoms with van der Waals surface area (Å²) in [7, 11) is 0. The van der Waals surface area contributed by atoms with Crippen molar-refractivity contribution in [1.29, 1.82) is 0 Å². The Labute approximate surface area is 178 Å². The van der Waals surface area contributed by atoms with E-state index < -0.39 is 0 Å². The number of hydrogen-bond acceptors (Lipinski definition) is 5. The van der Waals surface area contributed by atoms with Crippen LogP contribution in [-0.4, -0.2) is 42.9 Å². The van der Waals surface area contributed by atoms with Crippen molar-refractivity contribution in [1.82, 2.24) is 35.7 Å². The molecule has 0 radical (unpaired) electrons. The number of nitrogens with zero attached hydrogens (tertiary/aromatic N) is 5. The van der Waals surface area contributed by atoms with E-state index in [1.54, 1.807) is 4.68 Å². The Hall–Kier alpha value is -3.52. The Morgan fingerprint density at radius 1 is 1.13 bits per heavy atom. The van der Waals surface area contributed by atoms with E-state index in [-0.39, 0.29) is 5.91 Å². The van der Waals surface area contributed by atoms with Gasteiger partial charge in [0.25, 0.3) is 5.91 Å². The van der Waals surface area contributed by atoms with Gasteiger partial charge in [-0.1, -0.05) is 47.1 Å². The number of aromatic amines is 1. The molecular weight excluding hydrogens is 402 g/mol. The third-order valence-electron chi connectivity index (χ3n) is 4.71. The lowest BCUT2D eigenvalue weighted by Crippen LogP contribution is -2.26. The number of nitrogens with one attached hydrogen (secondary N) is 2. The average Bonchev–Trinajstić information content (AvgIpc) is 3.40. The molecule has 0 saturated heterocycles. The Morgan fingerprint density at radius 3 is 2.60 bits per heavy atom. The maximum atomic E-state index is 12.9. The van der Waals surface area contributed by atoms with Crippen LogP contribution in [0.1, 0.15) is 28.3 Å². The lowest BCUT2D eigenvalue weighted by Gasteiger charge is -2.08. The van der Waals surface area contributed by atoms with Gasteiger partial charge in [-0.25, -0.2) is 4.68 Å². The molecule has 2 N–H and O–H groups in total. The van der Waals surface area contributed by atoms with Crippen molar-refractivity contribution in [3.05, 3.63) is 76.7 Å². The number of rotatable bonds is 7. The SMILES string of the molecule is Cc1c(C(=O)NCCCc2nn[nH]n2)nn(-c2ccccc2)c1-c1ccc(Cl)cc1. The number of hydrogen-bond donors (Lipinski definition) is 2. The number of tetrazole rings is 1. The first-order chi connectivity index (χ1) is 14.6. The van der Waals surface area contributed by atoms with E-state index in [4.69, 9.17) is 11.6 Å². The smallest absolute Gasteiger partial charge is 0.272 e. The summed E-state index contributed by atoms with van der Waals surface area (Å²) < 4.78 is 1.80. The van der Waals surface area contributed by atoms with E-state index in [9.17, 15) is 4.79 Å². The summed E-state index contributed by atoms with van der Waals surface area (Å²) in [5.74, 6) is 0.407. The third kappa shape index (κ3) is 4.23. The number of halogens is 1. The number of carbonyl (C=O) groups excluding carboxylic acids is 1. The molecule has 1 amide bonds. The van der Waals surface area contributed by atoms with Crippen molar-refractivity contribution in [2.24, 2.45) is 0 Å². The summed E-state index contributed by atoms with van der Waals surface area (Å²) in [5, 5.41) is 22.0. The maximum absolute atomic E-state index is 12.9. The highest BCUT2D eigenvalue weighted by molar-refractivity contribution is 6.30. The van der Waals surface area contributed by atoms with E-state index in [2.05, 4.69) is 31.0 Å². The Balaban J connectivity index is 1.60. The molecule has 0 saturated carbocycles. The molecular formula is C21H20ClN7O. The molecule has 4 aromatic rings. The molecule has 30 heavy (non-hydrogen) atoms. The Kier molecular flexibility index (Phi) is 5.85. The standard InChI is InChI=1S/C21H20ClN7O/c1-14-19(21(30)23-13-5-8-18-24-27-28-25-18)26-29(17-6-3-2-4-7-17)20(14)15-9-11-16(22)12-10-15/h2-4,6-7,9-12H,5,8,13H2,1H3,(H,23,30)(H,24,25,27,28). The predicted octanol–water partition coefficient (Wildman–Crippen LogP) is 3.38. The first-order valence-corrected chi connectivity index (χ1v) is 9.93. The van der Waals surface area contributed by atoms with Gasteiger partial charge in [0.1, 0.15) is 0 Å². The Morgan fingerprint density at radius 2 is 1.90 bits per heavy atom. The third-order valence-corrected chi connectivity index (χ3v) is 4.96. The van der Waals surface area contributed by atoms with Crippen molar-refractivity contribution >= 4 is 17.5 Å². The molecule has 2 aromatic heterocycles. The first kappa shape index (κ1) is 19.8. The van der Waals surface area contributed by atoms with E-state index in [0.717, 1.165) is 22.5 Å². The van der Waals surface area contributed by atoms with Gasteiger partial charge in [-0.3, -0.25) is 4.79 Å². The van der Waals surface area contributed by atoms with Crippen LogP contribution < -0.4 is 5.32 Å². The molecule has 0 bridgehead atoms. The van der Waals surface area contributed by atoms with Crippen molar-refractivity contribution in [2.75, 3.05) is 6.54 Å². The second kappa shape index (κ2) is 8.87. The monoisotopic (exact) mass is 421 g/mol. The highest BCUT2D eigenvalue weighted by Crippen LogP contribution is 2.29. The van der Waals surface area contributed by atoms with Gasteiger partial charge in [0.05, 0.1) is 11.4 Å². The van der Waals surface area contributed by atoms with Crippen LogP contribution in [0, 0.1) is 6.92 Å². The zero-order chi connectivity index (χ0) is 20.9. The van der Waals surface area contributed by atoms with Gasteiger partial charge in [0.15, 0.2) is 11.5 Å². The average molecular weight is 422 g/mol. The van der Waals surface area contributed by atoms with Crippen LogP contribution in [0.25, 0.3) is 16.9 Å². The first-order valence-electron chi connectivity index (χ1n) is 9.55. The quantitative estimate of drug-likeness (QED) is 0.445. The predicted molar refractivity (Wildman–Crippen MR) is 114 cm³/mol. The van der Waals surface area contributed by atoms with E-state index in [1.165, 1.54) is 0 Å². The molecule has 2 heterocycles. The molecule has 4 rings (SSSR count). The van der Waals surface area contributed by atoms with Crippen molar-refractivity contribution in [2.45, 2.75) is 19.8 Å². The summed E-state index contributed by atoms with van der Waals surface area (Å²) in [4.78, 5) is 12.9. The number of aromatic nitrogens is 6. The van der Waals surface area contributed by atoms with Crippen molar-refractivity contribution in [3.8, 4) is 16.9 Å². The second-order valence-electron chi connectivity index (χ2n) is 6.76. The molecule has 0 aliphatic heterocycles. The van der Waals surface area contributed by atoms with Crippen LogP contribution in [0.3, 0.4) is 0 Å². The molecule has 0 aliphatic carbocycles. The molecule has 2 aromatic carbocycles. The molecule has 0 aliphatic rings. The van der Waals surface area contributed by atoms with Crippen molar-refractivity contribution < 1.29 is 4.79 Å². The van der Waals surface area contributed by atoms with Crippen LogP contribution in [0.2, 0.25) is 5.02 Å². The number of para-hydroxylation sites is 1. The molecule has 152 valence electrons. The second-order valence-corrected chi connectivity index (χ2v) is 7.20. The Bertz CT molecular complexity index is 1120. The fourth-order valence-corrected chi connectivity index (χ4v) is 3.36. The highest BCUT2D eigenvalue weighted by atomic mass is 35.5. The summed E-state index contributed by atoms with van der Waals surface area (Å²) in [5.41, 5.74) is 3.86. The molecule has 0 spiro atoms. The van der Waals surface area contributed by atoms with Gasteiger partial charge in [0.2, 0.25) is 0 Å². The topological polar surface area (TPSA) is 101 Å². The largest absolute Gasteiger partial charge is 0.351 e. The lowest BCUT2D eigenvalue weighted by molar-refractivity contribution is 0.0947. The number of benzene rings is 2. The van der Waals surface area contributed by atoms with Gasteiger partial charge in [-0.2, -0.15) is 10.3 Å². The molecule has 0 unspecified atom stereocenters. The summed E-state index contributed by atoms with van der Waals surface area (Å²) in [6, 6.07) is 17.3. The molecule has 9 heteroatoms. The summed E-state index contributed by atoms with van der Waals surface area (Å²) in [6.45, 7) is 2.39. The lowest BCUT2D eigenvalue weighted by atomic mass is 10.1. The van der Waals surface area contributed by atoms with Crippen LogP contribution in [0.15, 0.2) is 54.6 Å². The maximum Gasteiger partial charge on any atom is 0.272 e. The minimum Gasteiger partial charge on any atom is -0.351 e. The zero-order valence-electron chi connectivity index (χ0n) is 16.3. The highest BCUT2D eigenvalue weighted by Gasteiger charge is 2.21. The van der Waals surface area contributed by atoms with Gasteiger partial charge in [0, 0.05) is 29.1 Å². The minimum atomic E-state index is -0.217. The summed E-state index contributed by atoms with van der Waals surface area (Å²) >= 11 is 6.06. The molecule has 8 nitrogen and oxygen atoms in total. The van der Waals surface area contributed by atoms with E-state index in [1.807, 2.05) is 61.5 Å². The van der Waals surface area contributed by atoms with Crippen LogP contribution in [-0.2, 0) is 6.42 Å². The molecule has 0 fully saturated rings. The number of amides is 1. The van der Waals surface area contributed by atoms with Crippen LogP contribution in [0.4, 0.5) is 0 Å². The van der Waals surface area contributed by atoms with Gasteiger partial charge in [-0.15, -0.1) is 10.2 Å². The van der Waals surface area contributed by atoms with Gasteiger partial charge in [-0.05, 0) is 37.6 Å². The zero-order valence-corrected chi connectivity index (χ0v) is 17.1. The van der Waals surface area contributed by atoms with Gasteiger partial charge >= 0.3 is 0 Å². The summed E-state index contributed by atoms with van der Waals surface area (Å²) in [6.07, 6.45) is 1.33. The fraction of sp³-hybridized carbons (Fsp3) is 0.190. The van der Waals surface area contributed by atoms with Gasteiger partial charge < -0.3 is 5.32 Å². The number of carbonyl (C=O) groups is 1. The van der Waals surface area contributed by atoms with E-state index in [0.29, 0.717) is 35.9 Å². The molecule has 0 atom stereocenters. The number of aryl methyl sites for hydroxylation is 1. The van der Waals surface area contributed by atoms with E-state index >= 15 is 0 Å². The van der Waals surface area contributed by atoms with Crippen molar-refractivity contribution in [3.63, 3.8) is 0 Å². The number of H-pyrrole nitrogens is 1.